The molecule has 9 heteroatoms. The Bertz CT molecular complexity index is 766. The zero-order chi connectivity index (χ0) is 19.3. The highest BCUT2D eigenvalue weighted by Crippen LogP contribution is 2.39. The second-order valence-electron chi connectivity index (χ2n) is 5.28. The van der Waals surface area contributed by atoms with Gasteiger partial charge in [0.05, 0.1) is 23.6 Å². The summed E-state index contributed by atoms with van der Waals surface area (Å²) in [7, 11) is 1.50. The molecule has 6 nitrogen and oxygen atoms in total. The van der Waals surface area contributed by atoms with Gasteiger partial charge in [0.1, 0.15) is 4.32 Å². The SMILES string of the molecule is CCOc1cc(/C=C2\SC(=S)N(CCCC(=O)[O-])C2=O)cc(Cl)c1OC. The highest BCUT2D eigenvalue weighted by Gasteiger charge is 2.31. The van der Waals surface area contributed by atoms with E-state index < -0.39 is 5.97 Å². The van der Waals surface area contributed by atoms with Crippen LogP contribution < -0.4 is 14.6 Å². The number of carbonyl (C=O) groups is 2. The van der Waals surface area contributed by atoms with Crippen molar-refractivity contribution in [2.24, 2.45) is 0 Å². The molecule has 0 unspecified atom stereocenters. The Labute approximate surface area is 166 Å². The molecule has 140 valence electrons. The number of carboxylic acids is 1. The maximum absolute atomic E-state index is 12.5. The number of benzene rings is 1. The summed E-state index contributed by atoms with van der Waals surface area (Å²) in [6, 6.07) is 3.41. The molecule has 0 radical (unpaired) electrons. The first-order valence-corrected chi connectivity index (χ1v) is 9.43. The van der Waals surface area contributed by atoms with Gasteiger partial charge >= 0.3 is 0 Å². The molecule has 1 aromatic carbocycles. The van der Waals surface area contributed by atoms with E-state index in [4.69, 9.17) is 33.3 Å². The Balaban J connectivity index is 2.23. The van der Waals surface area contributed by atoms with Crippen LogP contribution in [0, 0.1) is 0 Å². The maximum Gasteiger partial charge on any atom is 0.266 e. The largest absolute Gasteiger partial charge is 0.550 e. The van der Waals surface area contributed by atoms with Crippen molar-refractivity contribution in [1.82, 2.24) is 4.90 Å². The molecule has 0 bridgehead atoms. The van der Waals surface area contributed by atoms with Crippen LogP contribution in [0.2, 0.25) is 5.02 Å². The molecule has 1 aromatic rings. The van der Waals surface area contributed by atoms with Gasteiger partial charge in [0.2, 0.25) is 0 Å². The molecular formula is C17H17ClNO5S2-. The van der Waals surface area contributed by atoms with E-state index in [1.165, 1.54) is 12.0 Å². The first-order chi connectivity index (χ1) is 12.4. The number of methoxy groups -OCH3 is 1. The molecule has 1 fully saturated rings. The van der Waals surface area contributed by atoms with Crippen LogP contribution >= 0.6 is 35.6 Å². The summed E-state index contributed by atoms with van der Waals surface area (Å²) in [5, 5.41) is 10.9. The number of aliphatic carboxylic acids is 1. The van der Waals surface area contributed by atoms with Crippen molar-refractivity contribution < 1.29 is 24.2 Å². The lowest BCUT2D eigenvalue weighted by Gasteiger charge is -2.14. The van der Waals surface area contributed by atoms with E-state index in [9.17, 15) is 14.7 Å². The molecule has 1 amide bonds. The van der Waals surface area contributed by atoms with Crippen molar-refractivity contribution in [2.75, 3.05) is 20.3 Å². The van der Waals surface area contributed by atoms with Gasteiger partial charge in [-0.2, -0.15) is 0 Å². The molecule has 0 atom stereocenters. The fourth-order valence-electron chi connectivity index (χ4n) is 2.36. The average Bonchev–Trinajstić information content (AvgIpc) is 2.82. The van der Waals surface area contributed by atoms with E-state index in [0.29, 0.717) is 37.9 Å². The normalized spacial score (nSPS) is 15.7. The molecular weight excluding hydrogens is 398 g/mol. The fourth-order valence-corrected chi connectivity index (χ4v) is 3.96. The summed E-state index contributed by atoms with van der Waals surface area (Å²) in [5.41, 5.74) is 0.675. The Morgan fingerprint density at radius 3 is 2.81 bits per heavy atom. The second kappa shape index (κ2) is 9.25. The molecule has 1 heterocycles. The number of hydrogen-bond acceptors (Lipinski definition) is 7. The molecule has 0 spiro atoms. The lowest BCUT2D eigenvalue weighted by atomic mass is 10.1. The van der Waals surface area contributed by atoms with Gasteiger partial charge in [-0.3, -0.25) is 9.69 Å². The predicted octanol–water partition coefficient (Wildman–Crippen LogP) is 2.48. The first kappa shape index (κ1) is 20.5. The summed E-state index contributed by atoms with van der Waals surface area (Å²) >= 11 is 12.6. The molecule has 0 saturated carbocycles. The summed E-state index contributed by atoms with van der Waals surface area (Å²) in [4.78, 5) is 24.9. The number of thiocarbonyl (C=S) groups is 1. The van der Waals surface area contributed by atoms with Gasteiger partial charge in [-0.25, -0.2) is 0 Å². The molecule has 2 rings (SSSR count). The Kier molecular flexibility index (Phi) is 7.31. The summed E-state index contributed by atoms with van der Waals surface area (Å²) < 4.78 is 11.2. The van der Waals surface area contributed by atoms with Gasteiger partial charge in [-0.15, -0.1) is 0 Å². The van der Waals surface area contributed by atoms with Crippen LogP contribution in [0.25, 0.3) is 6.08 Å². The third-order valence-corrected chi connectivity index (χ3v) is 5.13. The zero-order valence-electron chi connectivity index (χ0n) is 14.2. The van der Waals surface area contributed by atoms with Gasteiger partial charge in [-0.1, -0.05) is 35.6 Å². The third kappa shape index (κ3) is 4.90. The number of amides is 1. The number of halogens is 1. The number of carboxylic acid groups (broad SMARTS) is 1. The van der Waals surface area contributed by atoms with Gasteiger partial charge in [0.15, 0.2) is 11.5 Å². The Morgan fingerprint density at radius 2 is 2.19 bits per heavy atom. The van der Waals surface area contributed by atoms with E-state index in [2.05, 4.69) is 0 Å². The Hall–Kier alpha value is -1.77. The van der Waals surface area contributed by atoms with Crippen LogP contribution in [0.3, 0.4) is 0 Å². The van der Waals surface area contributed by atoms with Crippen LogP contribution in [-0.2, 0) is 9.59 Å². The van der Waals surface area contributed by atoms with E-state index in [1.807, 2.05) is 6.92 Å². The molecule has 0 aromatic heterocycles. The van der Waals surface area contributed by atoms with E-state index in [1.54, 1.807) is 18.2 Å². The van der Waals surface area contributed by atoms with E-state index >= 15 is 0 Å². The molecule has 1 aliphatic heterocycles. The minimum Gasteiger partial charge on any atom is -0.550 e. The third-order valence-electron chi connectivity index (χ3n) is 3.47. The lowest BCUT2D eigenvalue weighted by molar-refractivity contribution is -0.305. The molecule has 26 heavy (non-hydrogen) atoms. The first-order valence-electron chi connectivity index (χ1n) is 7.83. The van der Waals surface area contributed by atoms with E-state index in [0.717, 1.165) is 11.8 Å². The van der Waals surface area contributed by atoms with Crippen LogP contribution in [0.4, 0.5) is 0 Å². The highest BCUT2D eigenvalue weighted by molar-refractivity contribution is 8.26. The van der Waals surface area contributed by atoms with Crippen molar-refractivity contribution in [3.05, 3.63) is 27.6 Å². The lowest BCUT2D eigenvalue weighted by Crippen LogP contribution is -2.30. The zero-order valence-corrected chi connectivity index (χ0v) is 16.6. The number of hydrogen-bond donors (Lipinski definition) is 0. The standard InChI is InChI=1S/C17H18ClNO5S2/c1-3-24-12-8-10(7-11(18)15(12)23-2)9-13-16(22)19(17(25)26-13)6-4-5-14(20)21/h7-9H,3-6H2,1-2H3,(H,20,21)/p-1/b13-9-. The van der Waals surface area contributed by atoms with Crippen molar-refractivity contribution in [2.45, 2.75) is 19.8 Å². The second-order valence-corrected chi connectivity index (χ2v) is 7.36. The Morgan fingerprint density at radius 1 is 1.46 bits per heavy atom. The average molecular weight is 415 g/mol. The summed E-state index contributed by atoms with van der Waals surface area (Å²) in [5.74, 6) is -0.496. The number of ether oxygens (including phenoxy) is 2. The van der Waals surface area contributed by atoms with E-state index in [-0.39, 0.29) is 25.3 Å². The number of nitrogens with zero attached hydrogens (tertiary/aromatic N) is 1. The number of rotatable bonds is 8. The van der Waals surface area contributed by atoms with Gasteiger partial charge in [-0.05, 0) is 43.5 Å². The maximum atomic E-state index is 12.5. The van der Waals surface area contributed by atoms with Gasteiger partial charge in [0, 0.05) is 12.5 Å². The van der Waals surface area contributed by atoms with Crippen LogP contribution in [0.15, 0.2) is 17.0 Å². The smallest absolute Gasteiger partial charge is 0.266 e. The van der Waals surface area contributed by atoms with Crippen molar-refractivity contribution in [3.63, 3.8) is 0 Å². The van der Waals surface area contributed by atoms with Gasteiger partial charge in [0.25, 0.3) is 5.91 Å². The molecule has 1 saturated heterocycles. The highest BCUT2D eigenvalue weighted by atomic mass is 35.5. The van der Waals surface area contributed by atoms with Crippen molar-refractivity contribution in [3.8, 4) is 11.5 Å². The van der Waals surface area contributed by atoms with Crippen LogP contribution in [0.5, 0.6) is 11.5 Å². The van der Waals surface area contributed by atoms with Crippen molar-refractivity contribution >= 4 is 57.9 Å². The van der Waals surface area contributed by atoms with Crippen LogP contribution in [0.1, 0.15) is 25.3 Å². The molecule has 1 aliphatic rings. The topological polar surface area (TPSA) is 78.9 Å². The summed E-state index contributed by atoms with van der Waals surface area (Å²) in [6.07, 6.45) is 1.83. The van der Waals surface area contributed by atoms with Crippen LogP contribution in [-0.4, -0.2) is 41.4 Å². The monoisotopic (exact) mass is 414 g/mol. The minimum absolute atomic E-state index is 0.123. The molecule has 0 N–H and O–H groups in total. The summed E-state index contributed by atoms with van der Waals surface area (Å²) in [6.45, 7) is 2.53. The van der Waals surface area contributed by atoms with Gasteiger partial charge < -0.3 is 19.4 Å². The predicted molar refractivity (Wildman–Crippen MR) is 103 cm³/mol. The van der Waals surface area contributed by atoms with Crippen molar-refractivity contribution in [1.29, 1.82) is 0 Å². The molecule has 0 aliphatic carbocycles. The minimum atomic E-state index is -1.15. The number of thioether (sulfide) groups is 1. The number of carbonyl (C=O) groups excluding carboxylic acids is 2. The fraction of sp³-hybridized carbons (Fsp3) is 0.353. The quantitative estimate of drug-likeness (QED) is 0.477.